The number of hydrogen-bond donors (Lipinski definition) is 0. The van der Waals surface area contributed by atoms with Gasteiger partial charge in [-0.15, -0.1) is 0 Å². The molecular weight excluding hydrogens is 753 g/mol. The molecule has 0 atom stereocenters. The number of nitrogens with zero attached hydrogens (tertiary/aromatic N) is 2. The predicted molar refractivity (Wildman–Crippen MR) is 253 cm³/mol. The molecule has 0 aliphatic heterocycles. The highest BCUT2D eigenvalue weighted by Gasteiger charge is 2.49. The zero-order valence-electron chi connectivity index (χ0n) is 33.6. The summed E-state index contributed by atoms with van der Waals surface area (Å²) in [6.07, 6.45) is 0. The highest BCUT2D eigenvalue weighted by Crippen LogP contribution is 2.61. The van der Waals surface area contributed by atoms with Gasteiger partial charge in [0, 0.05) is 27.5 Å². The molecule has 2 aliphatic rings. The van der Waals surface area contributed by atoms with Gasteiger partial charge in [0.2, 0.25) is 0 Å². The molecule has 13 rings (SSSR count). The van der Waals surface area contributed by atoms with E-state index in [-0.39, 0.29) is 0 Å². The summed E-state index contributed by atoms with van der Waals surface area (Å²) in [4.78, 5) is 10.8. The Bertz CT molecular complexity index is 3550. The van der Waals surface area contributed by atoms with Crippen LogP contribution in [0.1, 0.15) is 22.3 Å². The van der Waals surface area contributed by atoms with Gasteiger partial charge in [-0.3, -0.25) is 0 Å². The van der Waals surface area contributed by atoms with Gasteiger partial charge in [-0.1, -0.05) is 176 Å². The molecule has 0 fully saturated rings. The van der Waals surface area contributed by atoms with Gasteiger partial charge in [-0.05, 0) is 109 Å². The molecular formula is C59H36N2O. The van der Waals surface area contributed by atoms with Gasteiger partial charge >= 0.3 is 0 Å². The van der Waals surface area contributed by atoms with Gasteiger partial charge < -0.3 is 4.42 Å². The van der Waals surface area contributed by atoms with Crippen molar-refractivity contribution < 1.29 is 4.42 Å². The Morgan fingerprint density at radius 3 is 1.50 bits per heavy atom. The standard InChI is InChI=1S/C59H36N2O/c1-2-15-37(16-3-1)38-17-14-18-41(33-38)58-60-54(36-55(61-58)40-30-32-57-49(35-40)47-24-9-13-28-56(47)62-57)39-29-31-53-48(34-39)43-20-5-4-19-42(43)44-21-6-10-25-50(44)59(53)51-26-11-7-22-45(51)46-23-8-12-27-52(46)59/h1-36H. The molecule has 11 aromatic rings. The molecule has 2 aliphatic carbocycles. The average Bonchev–Trinajstić information content (AvgIpc) is 3.84. The summed E-state index contributed by atoms with van der Waals surface area (Å²) < 4.78 is 6.25. The molecule has 1 spiro atoms. The Morgan fingerprint density at radius 1 is 0.290 bits per heavy atom. The van der Waals surface area contributed by atoms with Crippen molar-refractivity contribution in [2.75, 3.05) is 0 Å². The van der Waals surface area contributed by atoms with Gasteiger partial charge in [0.1, 0.15) is 11.2 Å². The first-order valence-electron chi connectivity index (χ1n) is 21.2. The SMILES string of the molecule is c1ccc(-c2cccc(-c3nc(-c4ccc5c(c4)-c4ccccc4-c4ccccc4C54c5ccccc5-c5ccccc54)cc(-c4ccc5oc6ccccc6c5c4)n3)c2)cc1. The Hall–Kier alpha value is -8.14. The third-order valence-corrected chi connectivity index (χ3v) is 13.1. The lowest BCUT2D eigenvalue weighted by atomic mass is 9.66. The molecule has 0 N–H and O–H groups in total. The molecule has 3 nitrogen and oxygen atoms in total. The number of fused-ring (bicyclic) bond motifs is 15. The van der Waals surface area contributed by atoms with Crippen molar-refractivity contribution in [2.24, 2.45) is 0 Å². The van der Waals surface area contributed by atoms with E-state index in [1.165, 1.54) is 55.6 Å². The van der Waals surface area contributed by atoms with Crippen LogP contribution in [0.15, 0.2) is 223 Å². The zero-order valence-corrected chi connectivity index (χ0v) is 33.6. The smallest absolute Gasteiger partial charge is 0.160 e. The second kappa shape index (κ2) is 13.4. The molecule has 0 unspecified atom stereocenters. The van der Waals surface area contributed by atoms with Crippen LogP contribution in [0.4, 0.5) is 0 Å². The minimum Gasteiger partial charge on any atom is -0.456 e. The molecule has 0 radical (unpaired) electrons. The minimum atomic E-state index is -0.542. The highest BCUT2D eigenvalue weighted by molar-refractivity contribution is 6.06. The molecule has 0 bridgehead atoms. The van der Waals surface area contributed by atoms with Crippen molar-refractivity contribution in [3.63, 3.8) is 0 Å². The summed E-state index contributed by atoms with van der Waals surface area (Å²) in [5.41, 5.74) is 20.8. The average molecular weight is 789 g/mol. The van der Waals surface area contributed by atoms with E-state index in [0.717, 1.165) is 61.1 Å². The number of aromatic nitrogens is 2. The van der Waals surface area contributed by atoms with Crippen LogP contribution in [0.25, 0.3) is 100 Å². The van der Waals surface area contributed by atoms with Gasteiger partial charge in [0.15, 0.2) is 5.82 Å². The number of hydrogen-bond acceptors (Lipinski definition) is 3. The second-order valence-corrected chi connectivity index (χ2v) is 16.4. The van der Waals surface area contributed by atoms with Crippen molar-refractivity contribution in [2.45, 2.75) is 5.41 Å². The van der Waals surface area contributed by atoms with E-state index < -0.39 is 5.41 Å². The van der Waals surface area contributed by atoms with Gasteiger partial charge in [-0.2, -0.15) is 0 Å². The van der Waals surface area contributed by atoms with Crippen LogP contribution in [0, 0.1) is 0 Å². The third kappa shape index (κ3) is 5.06. The molecule has 0 saturated heterocycles. The van der Waals surface area contributed by atoms with E-state index in [9.17, 15) is 0 Å². The van der Waals surface area contributed by atoms with Gasteiger partial charge in [-0.25, -0.2) is 9.97 Å². The Morgan fingerprint density at radius 2 is 0.790 bits per heavy atom. The lowest BCUT2D eigenvalue weighted by Crippen LogP contribution is -2.29. The van der Waals surface area contributed by atoms with E-state index >= 15 is 0 Å². The lowest BCUT2D eigenvalue weighted by Gasteiger charge is -2.35. The summed E-state index contributed by atoms with van der Waals surface area (Å²) >= 11 is 0. The van der Waals surface area contributed by atoms with Gasteiger partial charge in [0.05, 0.1) is 16.8 Å². The molecule has 288 valence electrons. The topological polar surface area (TPSA) is 38.9 Å². The molecule has 2 heterocycles. The maximum absolute atomic E-state index is 6.25. The first-order valence-corrected chi connectivity index (χ1v) is 21.2. The first-order chi connectivity index (χ1) is 30.7. The number of rotatable bonds is 4. The van der Waals surface area contributed by atoms with Crippen LogP contribution in [-0.2, 0) is 5.41 Å². The van der Waals surface area contributed by atoms with Crippen molar-refractivity contribution in [1.82, 2.24) is 9.97 Å². The van der Waals surface area contributed by atoms with E-state index in [1.54, 1.807) is 0 Å². The highest BCUT2D eigenvalue weighted by atomic mass is 16.3. The normalized spacial score (nSPS) is 13.0. The van der Waals surface area contributed by atoms with Gasteiger partial charge in [0.25, 0.3) is 0 Å². The van der Waals surface area contributed by atoms with E-state index in [0.29, 0.717) is 5.82 Å². The summed E-state index contributed by atoms with van der Waals surface area (Å²) in [6.45, 7) is 0. The zero-order chi connectivity index (χ0) is 40.8. The maximum Gasteiger partial charge on any atom is 0.160 e. The summed E-state index contributed by atoms with van der Waals surface area (Å²) in [6, 6.07) is 78.8. The van der Waals surface area contributed by atoms with Crippen LogP contribution in [0.5, 0.6) is 0 Å². The predicted octanol–water partition coefficient (Wildman–Crippen LogP) is 15.1. The van der Waals surface area contributed by atoms with Crippen LogP contribution >= 0.6 is 0 Å². The van der Waals surface area contributed by atoms with Crippen LogP contribution in [0.3, 0.4) is 0 Å². The maximum atomic E-state index is 6.25. The van der Waals surface area contributed by atoms with Crippen molar-refractivity contribution in [3.05, 3.63) is 241 Å². The van der Waals surface area contributed by atoms with Crippen LogP contribution < -0.4 is 0 Å². The fraction of sp³-hybridized carbons (Fsp3) is 0.0169. The summed E-state index contributed by atoms with van der Waals surface area (Å²) in [5, 5.41) is 2.15. The van der Waals surface area contributed by atoms with Crippen molar-refractivity contribution in [3.8, 4) is 78.4 Å². The van der Waals surface area contributed by atoms with E-state index in [2.05, 4.69) is 206 Å². The Labute approximate surface area is 359 Å². The first kappa shape index (κ1) is 34.7. The molecule has 0 amide bonds. The fourth-order valence-corrected chi connectivity index (χ4v) is 10.4. The van der Waals surface area contributed by atoms with Crippen LogP contribution in [-0.4, -0.2) is 9.97 Å². The molecule has 2 aromatic heterocycles. The van der Waals surface area contributed by atoms with Crippen molar-refractivity contribution in [1.29, 1.82) is 0 Å². The van der Waals surface area contributed by atoms with E-state index in [4.69, 9.17) is 14.4 Å². The minimum absolute atomic E-state index is 0.542. The monoisotopic (exact) mass is 788 g/mol. The van der Waals surface area contributed by atoms with E-state index in [1.807, 2.05) is 12.1 Å². The Kier molecular flexibility index (Phi) is 7.52. The molecule has 0 saturated carbocycles. The molecule has 9 aromatic carbocycles. The summed E-state index contributed by atoms with van der Waals surface area (Å²) in [5.74, 6) is 0.672. The number of benzene rings is 9. The third-order valence-electron chi connectivity index (χ3n) is 13.1. The lowest BCUT2D eigenvalue weighted by molar-refractivity contribution is 0.669. The fourth-order valence-electron chi connectivity index (χ4n) is 10.4. The van der Waals surface area contributed by atoms with Crippen molar-refractivity contribution >= 4 is 21.9 Å². The molecule has 62 heavy (non-hydrogen) atoms. The van der Waals surface area contributed by atoms with Crippen LogP contribution in [0.2, 0.25) is 0 Å². The largest absolute Gasteiger partial charge is 0.456 e. The summed E-state index contributed by atoms with van der Waals surface area (Å²) in [7, 11) is 0. The second-order valence-electron chi connectivity index (χ2n) is 16.4. The Balaban J connectivity index is 1.07. The number of para-hydroxylation sites is 1. The molecule has 3 heteroatoms. The number of furan rings is 1. The quantitative estimate of drug-likeness (QED) is 0.178.